The highest BCUT2D eigenvalue weighted by molar-refractivity contribution is 8.02. The first kappa shape index (κ1) is 22.8. The summed E-state index contributed by atoms with van der Waals surface area (Å²) in [5.41, 5.74) is 2.05. The molecule has 3 rings (SSSR count). The first-order chi connectivity index (χ1) is 14.9. The van der Waals surface area contributed by atoms with Crippen molar-refractivity contribution in [3.8, 4) is 5.75 Å². The number of benzene rings is 2. The van der Waals surface area contributed by atoms with Crippen molar-refractivity contribution in [1.29, 1.82) is 0 Å². The van der Waals surface area contributed by atoms with E-state index in [0.717, 1.165) is 5.69 Å². The topological polar surface area (TPSA) is 93.2 Å². The first-order valence-corrected chi connectivity index (χ1v) is 11.4. The minimum Gasteiger partial charge on any atom is -0.495 e. The lowest BCUT2D eigenvalue weighted by Gasteiger charge is -2.10. The van der Waals surface area contributed by atoms with Crippen molar-refractivity contribution in [3.05, 3.63) is 54.1 Å². The van der Waals surface area contributed by atoms with Gasteiger partial charge in [-0.25, -0.2) is 0 Å². The molecule has 0 aliphatic rings. The van der Waals surface area contributed by atoms with E-state index in [1.54, 1.807) is 31.4 Å². The number of carbonyl (C=O) groups excluding carboxylic acids is 2. The lowest BCUT2D eigenvalue weighted by atomic mass is 10.1. The number of thioether (sulfide) groups is 1. The quantitative estimate of drug-likeness (QED) is 0.336. The molecular weight excluding hydrogens is 432 g/mol. The summed E-state index contributed by atoms with van der Waals surface area (Å²) in [6.45, 7) is 5.50. The summed E-state index contributed by atoms with van der Waals surface area (Å²) in [7, 11) is 1.61. The van der Waals surface area contributed by atoms with E-state index in [2.05, 4.69) is 20.8 Å². The molecule has 0 saturated heterocycles. The lowest BCUT2D eigenvalue weighted by molar-refractivity contribution is -0.118. The van der Waals surface area contributed by atoms with E-state index in [0.29, 0.717) is 26.5 Å². The molecule has 1 heterocycles. The summed E-state index contributed by atoms with van der Waals surface area (Å²) < 4.78 is 6.02. The van der Waals surface area contributed by atoms with Gasteiger partial charge in [0.05, 0.1) is 18.0 Å². The average Bonchev–Trinajstić information content (AvgIpc) is 3.20. The molecule has 1 atom stereocenters. The van der Waals surface area contributed by atoms with Crippen molar-refractivity contribution >= 4 is 51.3 Å². The molecule has 1 aromatic heterocycles. The number of nitrogens with zero attached hydrogens (tertiary/aromatic N) is 2. The van der Waals surface area contributed by atoms with Gasteiger partial charge < -0.3 is 15.4 Å². The van der Waals surface area contributed by atoms with Gasteiger partial charge in [0.1, 0.15) is 5.75 Å². The highest BCUT2D eigenvalue weighted by atomic mass is 32.2. The number of amides is 1. The third kappa shape index (κ3) is 6.05. The molecule has 0 saturated carbocycles. The molecule has 2 aromatic carbocycles. The summed E-state index contributed by atoms with van der Waals surface area (Å²) in [5.74, 6) is 0.536. The van der Waals surface area contributed by atoms with Crippen molar-refractivity contribution in [2.45, 2.75) is 30.4 Å². The van der Waals surface area contributed by atoms with Crippen LogP contribution in [0.5, 0.6) is 5.75 Å². The standard InChI is InChI=1S/C22H24N4O3S2/c1-13(2)20(28)23-16-11-9-15(10-12-16)19(27)14(3)30-22-26-25-21(31-22)24-17-7-5-6-8-18(17)29-4/h5-14H,1-4H3,(H,23,28)(H,24,25). The molecule has 0 spiro atoms. The molecule has 0 aliphatic carbocycles. The Morgan fingerprint density at radius 1 is 1.03 bits per heavy atom. The normalized spacial score (nSPS) is 11.8. The predicted molar refractivity (Wildman–Crippen MR) is 126 cm³/mol. The molecule has 7 nitrogen and oxygen atoms in total. The van der Waals surface area contributed by atoms with Gasteiger partial charge in [-0.15, -0.1) is 10.2 Å². The number of methoxy groups -OCH3 is 1. The number of para-hydroxylation sites is 2. The molecule has 0 radical (unpaired) electrons. The Balaban J connectivity index is 1.60. The smallest absolute Gasteiger partial charge is 0.226 e. The second-order valence-corrected chi connectivity index (χ2v) is 9.61. The fourth-order valence-electron chi connectivity index (χ4n) is 2.61. The summed E-state index contributed by atoms with van der Waals surface area (Å²) in [6, 6.07) is 14.5. The zero-order valence-corrected chi connectivity index (χ0v) is 19.3. The third-order valence-corrected chi connectivity index (χ3v) is 6.39. The zero-order valence-electron chi connectivity index (χ0n) is 17.7. The molecule has 9 heteroatoms. The van der Waals surface area contributed by atoms with E-state index in [-0.39, 0.29) is 22.9 Å². The summed E-state index contributed by atoms with van der Waals surface area (Å²) in [5, 5.41) is 14.6. The number of nitrogens with one attached hydrogen (secondary N) is 2. The van der Waals surface area contributed by atoms with Crippen LogP contribution in [0.15, 0.2) is 52.9 Å². The van der Waals surface area contributed by atoms with Gasteiger partial charge in [0, 0.05) is 17.2 Å². The third-order valence-electron chi connectivity index (χ3n) is 4.36. The van der Waals surface area contributed by atoms with Crippen LogP contribution in [0.4, 0.5) is 16.5 Å². The van der Waals surface area contributed by atoms with Gasteiger partial charge in [0.15, 0.2) is 10.1 Å². The van der Waals surface area contributed by atoms with Crippen LogP contribution in [0, 0.1) is 5.92 Å². The largest absolute Gasteiger partial charge is 0.495 e. The van der Waals surface area contributed by atoms with E-state index in [1.165, 1.54) is 23.1 Å². The number of aromatic nitrogens is 2. The molecule has 0 fully saturated rings. The molecule has 1 unspecified atom stereocenters. The van der Waals surface area contributed by atoms with Crippen molar-refractivity contribution in [2.75, 3.05) is 17.7 Å². The van der Waals surface area contributed by atoms with Crippen molar-refractivity contribution in [3.63, 3.8) is 0 Å². The fourth-order valence-corrected chi connectivity index (χ4v) is 4.60. The number of ether oxygens (including phenoxy) is 1. The Bertz CT molecular complexity index is 1050. The molecule has 0 bridgehead atoms. The minimum atomic E-state index is -0.330. The van der Waals surface area contributed by atoms with Gasteiger partial charge in [-0.3, -0.25) is 9.59 Å². The van der Waals surface area contributed by atoms with Crippen molar-refractivity contribution in [1.82, 2.24) is 10.2 Å². The van der Waals surface area contributed by atoms with Crippen LogP contribution >= 0.6 is 23.1 Å². The molecule has 1 amide bonds. The summed E-state index contributed by atoms with van der Waals surface area (Å²) in [4.78, 5) is 24.6. The summed E-state index contributed by atoms with van der Waals surface area (Å²) in [6.07, 6.45) is 0. The van der Waals surface area contributed by atoms with Crippen molar-refractivity contribution < 1.29 is 14.3 Å². The van der Waals surface area contributed by atoms with Gasteiger partial charge in [0.25, 0.3) is 0 Å². The van der Waals surface area contributed by atoms with Gasteiger partial charge in [0.2, 0.25) is 11.0 Å². The van der Waals surface area contributed by atoms with Crippen LogP contribution in [0.2, 0.25) is 0 Å². The van der Waals surface area contributed by atoms with Crippen LogP contribution < -0.4 is 15.4 Å². The number of rotatable bonds is 9. The van der Waals surface area contributed by atoms with E-state index in [4.69, 9.17) is 4.74 Å². The lowest BCUT2D eigenvalue weighted by Crippen LogP contribution is -2.18. The number of hydrogen-bond donors (Lipinski definition) is 2. The number of anilines is 3. The number of Topliss-reactive ketones (excluding diaryl/α,β-unsaturated/α-hetero) is 1. The SMILES string of the molecule is COc1ccccc1Nc1nnc(SC(C)C(=O)c2ccc(NC(=O)C(C)C)cc2)s1. The van der Waals surface area contributed by atoms with Gasteiger partial charge >= 0.3 is 0 Å². The Morgan fingerprint density at radius 2 is 1.74 bits per heavy atom. The van der Waals surface area contributed by atoms with Crippen LogP contribution in [0.1, 0.15) is 31.1 Å². The van der Waals surface area contributed by atoms with Gasteiger partial charge in [-0.05, 0) is 43.3 Å². The monoisotopic (exact) mass is 456 g/mol. The Morgan fingerprint density at radius 3 is 2.42 bits per heavy atom. The molecule has 3 aromatic rings. The predicted octanol–water partition coefficient (Wildman–Crippen LogP) is 5.25. The maximum atomic E-state index is 12.8. The Hall–Kier alpha value is -2.91. The van der Waals surface area contributed by atoms with Crippen LogP contribution in [-0.4, -0.2) is 34.2 Å². The Labute approximate surface area is 189 Å². The first-order valence-electron chi connectivity index (χ1n) is 9.72. The van der Waals surface area contributed by atoms with Gasteiger partial charge in [-0.1, -0.05) is 49.1 Å². The molecule has 31 heavy (non-hydrogen) atoms. The highest BCUT2D eigenvalue weighted by Gasteiger charge is 2.19. The zero-order chi connectivity index (χ0) is 22.4. The molecule has 0 aliphatic heterocycles. The second-order valence-electron chi connectivity index (χ2n) is 7.04. The van der Waals surface area contributed by atoms with Crippen LogP contribution in [0.25, 0.3) is 0 Å². The number of hydrogen-bond acceptors (Lipinski definition) is 8. The van der Waals surface area contributed by atoms with Crippen LogP contribution in [0.3, 0.4) is 0 Å². The van der Waals surface area contributed by atoms with Gasteiger partial charge in [-0.2, -0.15) is 0 Å². The minimum absolute atomic E-state index is 0.0128. The second kappa shape index (κ2) is 10.4. The van der Waals surface area contributed by atoms with E-state index < -0.39 is 0 Å². The number of carbonyl (C=O) groups is 2. The fraction of sp³-hybridized carbons (Fsp3) is 0.273. The van der Waals surface area contributed by atoms with Crippen LogP contribution in [-0.2, 0) is 4.79 Å². The van der Waals surface area contributed by atoms with E-state index in [1.807, 2.05) is 45.0 Å². The molecule has 162 valence electrons. The number of ketones is 1. The van der Waals surface area contributed by atoms with E-state index in [9.17, 15) is 9.59 Å². The summed E-state index contributed by atoms with van der Waals surface area (Å²) >= 11 is 2.74. The van der Waals surface area contributed by atoms with E-state index >= 15 is 0 Å². The molecule has 2 N–H and O–H groups in total. The molecular formula is C22H24N4O3S2. The maximum Gasteiger partial charge on any atom is 0.226 e. The maximum absolute atomic E-state index is 12.8. The Kier molecular flexibility index (Phi) is 7.64. The highest BCUT2D eigenvalue weighted by Crippen LogP contribution is 2.33. The average molecular weight is 457 g/mol. The van der Waals surface area contributed by atoms with Crippen molar-refractivity contribution in [2.24, 2.45) is 5.92 Å².